The number of aryl methyl sites for hydroxylation is 1. The van der Waals surface area contributed by atoms with E-state index in [1.807, 2.05) is 18.2 Å². The van der Waals surface area contributed by atoms with Crippen LogP contribution in [0.1, 0.15) is 37.4 Å². The standard InChI is InChI=1S/C18H22FNO/c1-4-11-21-17-8-5-15(6-9-17)14(3)20-16-7-10-18(19)13(2)12-16/h5-10,12,14,20H,4,11H2,1-3H3. The van der Waals surface area contributed by atoms with Gasteiger partial charge in [0.05, 0.1) is 6.61 Å². The average molecular weight is 287 g/mol. The minimum atomic E-state index is -0.175. The van der Waals surface area contributed by atoms with E-state index in [-0.39, 0.29) is 11.9 Å². The van der Waals surface area contributed by atoms with E-state index in [9.17, 15) is 4.39 Å². The predicted octanol–water partition coefficient (Wildman–Crippen LogP) is 5.10. The molecule has 2 aromatic rings. The van der Waals surface area contributed by atoms with Gasteiger partial charge in [-0.05, 0) is 61.7 Å². The molecule has 0 fully saturated rings. The number of benzene rings is 2. The summed E-state index contributed by atoms with van der Waals surface area (Å²) in [6.07, 6.45) is 1.00. The molecule has 3 heteroatoms. The number of rotatable bonds is 6. The Morgan fingerprint density at radius 1 is 1.14 bits per heavy atom. The van der Waals surface area contributed by atoms with Crippen LogP contribution in [0.2, 0.25) is 0 Å². The van der Waals surface area contributed by atoms with E-state index in [1.165, 1.54) is 11.6 Å². The molecule has 0 aliphatic carbocycles. The summed E-state index contributed by atoms with van der Waals surface area (Å²) in [5, 5.41) is 3.38. The largest absolute Gasteiger partial charge is 0.494 e. The highest BCUT2D eigenvalue weighted by molar-refractivity contribution is 5.48. The molecule has 1 atom stereocenters. The lowest BCUT2D eigenvalue weighted by molar-refractivity contribution is 0.317. The van der Waals surface area contributed by atoms with E-state index in [0.29, 0.717) is 5.56 Å². The van der Waals surface area contributed by atoms with Crippen molar-refractivity contribution in [3.8, 4) is 5.75 Å². The molecule has 2 aromatic carbocycles. The summed E-state index contributed by atoms with van der Waals surface area (Å²) in [6.45, 7) is 6.68. The van der Waals surface area contributed by atoms with Gasteiger partial charge in [-0.3, -0.25) is 0 Å². The quantitative estimate of drug-likeness (QED) is 0.798. The smallest absolute Gasteiger partial charge is 0.126 e. The van der Waals surface area contributed by atoms with Crippen LogP contribution in [0.15, 0.2) is 42.5 Å². The molecule has 0 heterocycles. The molecule has 0 bridgehead atoms. The molecule has 1 N–H and O–H groups in total. The zero-order valence-electron chi connectivity index (χ0n) is 12.8. The molecule has 0 aliphatic heterocycles. The van der Waals surface area contributed by atoms with E-state index < -0.39 is 0 Å². The van der Waals surface area contributed by atoms with Crippen LogP contribution in [-0.4, -0.2) is 6.61 Å². The van der Waals surface area contributed by atoms with Gasteiger partial charge in [0.1, 0.15) is 11.6 Å². The number of anilines is 1. The SMILES string of the molecule is CCCOc1ccc(C(C)Nc2ccc(F)c(C)c2)cc1. The lowest BCUT2D eigenvalue weighted by atomic mass is 10.1. The van der Waals surface area contributed by atoms with Gasteiger partial charge in [-0.2, -0.15) is 0 Å². The lowest BCUT2D eigenvalue weighted by Gasteiger charge is -2.17. The Morgan fingerprint density at radius 3 is 2.48 bits per heavy atom. The van der Waals surface area contributed by atoms with Crippen LogP contribution in [0.3, 0.4) is 0 Å². The first-order valence-corrected chi connectivity index (χ1v) is 7.35. The summed E-state index contributed by atoms with van der Waals surface area (Å²) in [6, 6.07) is 13.3. The topological polar surface area (TPSA) is 21.3 Å². The summed E-state index contributed by atoms with van der Waals surface area (Å²) in [7, 11) is 0. The average Bonchev–Trinajstić information content (AvgIpc) is 2.49. The molecule has 0 aliphatic rings. The van der Waals surface area contributed by atoms with Crippen LogP contribution in [-0.2, 0) is 0 Å². The van der Waals surface area contributed by atoms with Crippen molar-refractivity contribution < 1.29 is 9.13 Å². The van der Waals surface area contributed by atoms with E-state index in [1.54, 1.807) is 13.0 Å². The maximum absolute atomic E-state index is 13.3. The minimum Gasteiger partial charge on any atom is -0.494 e. The first kappa shape index (κ1) is 15.4. The summed E-state index contributed by atoms with van der Waals surface area (Å²) in [5.74, 6) is 0.719. The molecule has 0 amide bonds. The van der Waals surface area contributed by atoms with E-state index >= 15 is 0 Å². The maximum atomic E-state index is 13.3. The fraction of sp³-hybridized carbons (Fsp3) is 0.333. The van der Waals surface area contributed by atoms with E-state index in [2.05, 4.69) is 31.3 Å². The fourth-order valence-electron chi connectivity index (χ4n) is 2.14. The monoisotopic (exact) mass is 287 g/mol. The minimum absolute atomic E-state index is 0.148. The molecule has 0 radical (unpaired) electrons. The predicted molar refractivity (Wildman–Crippen MR) is 85.4 cm³/mol. The van der Waals surface area contributed by atoms with Gasteiger partial charge in [-0.1, -0.05) is 19.1 Å². The van der Waals surface area contributed by atoms with Crippen molar-refractivity contribution in [2.24, 2.45) is 0 Å². The molecule has 1 unspecified atom stereocenters. The van der Waals surface area contributed by atoms with Crippen molar-refractivity contribution in [2.75, 3.05) is 11.9 Å². The first-order chi connectivity index (χ1) is 10.1. The number of hydrogen-bond acceptors (Lipinski definition) is 2. The molecule has 0 saturated carbocycles. The van der Waals surface area contributed by atoms with Crippen LogP contribution in [0.25, 0.3) is 0 Å². The second-order valence-electron chi connectivity index (χ2n) is 5.25. The van der Waals surface area contributed by atoms with Gasteiger partial charge >= 0.3 is 0 Å². The number of nitrogens with one attached hydrogen (secondary N) is 1. The Labute approximate surface area is 126 Å². The summed E-state index contributed by atoms with van der Waals surface area (Å²) >= 11 is 0. The molecule has 0 saturated heterocycles. The summed E-state index contributed by atoms with van der Waals surface area (Å²) < 4.78 is 18.8. The summed E-state index contributed by atoms with van der Waals surface area (Å²) in [5.41, 5.74) is 2.74. The van der Waals surface area contributed by atoms with Crippen LogP contribution in [0.5, 0.6) is 5.75 Å². The molecule has 0 aromatic heterocycles. The molecule has 2 rings (SSSR count). The van der Waals surface area contributed by atoms with Gasteiger partial charge in [0.25, 0.3) is 0 Å². The zero-order valence-corrected chi connectivity index (χ0v) is 12.8. The lowest BCUT2D eigenvalue weighted by Crippen LogP contribution is -2.07. The van der Waals surface area contributed by atoms with Crippen LogP contribution in [0.4, 0.5) is 10.1 Å². The van der Waals surface area contributed by atoms with Crippen LogP contribution >= 0.6 is 0 Å². The Balaban J connectivity index is 2.02. The number of halogens is 1. The third kappa shape index (κ3) is 4.22. The number of hydrogen-bond donors (Lipinski definition) is 1. The fourth-order valence-corrected chi connectivity index (χ4v) is 2.14. The Morgan fingerprint density at radius 2 is 1.86 bits per heavy atom. The second kappa shape index (κ2) is 7.11. The van der Waals surface area contributed by atoms with Crippen molar-refractivity contribution in [2.45, 2.75) is 33.2 Å². The summed E-state index contributed by atoms with van der Waals surface area (Å²) in [4.78, 5) is 0. The molecule has 2 nitrogen and oxygen atoms in total. The van der Waals surface area contributed by atoms with Crippen LogP contribution < -0.4 is 10.1 Å². The maximum Gasteiger partial charge on any atom is 0.126 e. The van der Waals surface area contributed by atoms with Crippen LogP contribution in [0, 0.1) is 12.7 Å². The molecular weight excluding hydrogens is 265 g/mol. The number of ether oxygens (including phenoxy) is 1. The van der Waals surface area contributed by atoms with Gasteiger partial charge < -0.3 is 10.1 Å². The Bertz CT molecular complexity index is 580. The van der Waals surface area contributed by atoms with Gasteiger partial charge in [0.15, 0.2) is 0 Å². The normalized spacial score (nSPS) is 12.0. The molecule has 21 heavy (non-hydrogen) atoms. The van der Waals surface area contributed by atoms with Gasteiger partial charge in [-0.15, -0.1) is 0 Å². The Hall–Kier alpha value is -2.03. The third-order valence-corrected chi connectivity index (χ3v) is 3.39. The highest BCUT2D eigenvalue weighted by Gasteiger charge is 2.07. The highest BCUT2D eigenvalue weighted by Crippen LogP contribution is 2.23. The van der Waals surface area contributed by atoms with Crippen molar-refractivity contribution in [1.82, 2.24) is 0 Å². The van der Waals surface area contributed by atoms with Gasteiger partial charge in [-0.25, -0.2) is 4.39 Å². The molecule has 0 spiro atoms. The molecular formula is C18H22FNO. The van der Waals surface area contributed by atoms with Crippen molar-refractivity contribution in [3.05, 3.63) is 59.4 Å². The highest BCUT2D eigenvalue weighted by atomic mass is 19.1. The molecule has 112 valence electrons. The third-order valence-electron chi connectivity index (χ3n) is 3.39. The van der Waals surface area contributed by atoms with Crippen molar-refractivity contribution in [1.29, 1.82) is 0 Å². The van der Waals surface area contributed by atoms with E-state index in [4.69, 9.17) is 4.74 Å². The van der Waals surface area contributed by atoms with E-state index in [0.717, 1.165) is 24.5 Å². The second-order valence-corrected chi connectivity index (χ2v) is 5.25. The Kier molecular flexibility index (Phi) is 5.20. The van der Waals surface area contributed by atoms with Crippen molar-refractivity contribution in [3.63, 3.8) is 0 Å². The zero-order chi connectivity index (χ0) is 15.2. The first-order valence-electron chi connectivity index (χ1n) is 7.35. The van der Waals surface area contributed by atoms with Gasteiger partial charge in [0.2, 0.25) is 0 Å². The van der Waals surface area contributed by atoms with Gasteiger partial charge in [0, 0.05) is 11.7 Å². The van der Waals surface area contributed by atoms with Crippen molar-refractivity contribution >= 4 is 5.69 Å².